The van der Waals surface area contributed by atoms with Gasteiger partial charge in [-0.2, -0.15) is 0 Å². The van der Waals surface area contributed by atoms with Crippen LogP contribution in [0.5, 0.6) is 0 Å². The van der Waals surface area contributed by atoms with Crippen molar-refractivity contribution >= 4 is 11.6 Å². The van der Waals surface area contributed by atoms with E-state index in [9.17, 15) is 0 Å². The molecule has 2 N–H and O–H groups in total. The van der Waals surface area contributed by atoms with E-state index < -0.39 is 0 Å². The lowest BCUT2D eigenvalue weighted by Crippen LogP contribution is -2.31. The molecule has 0 aliphatic rings. The van der Waals surface area contributed by atoms with Gasteiger partial charge in [-0.25, -0.2) is 0 Å². The van der Waals surface area contributed by atoms with Crippen molar-refractivity contribution in [1.29, 1.82) is 0 Å². The number of halogens is 1. The predicted octanol–water partition coefficient (Wildman–Crippen LogP) is 3.86. The molecule has 2 rings (SSSR count). The predicted molar refractivity (Wildman–Crippen MR) is 85.8 cm³/mol. The lowest BCUT2D eigenvalue weighted by molar-refractivity contribution is 0.207. The van der Waals surface area contributed by atoms with Crippen LogP contribution in [0.3, 0.4) is 0 Å². The van der Waals surface area contributed by atoms with Gasteiger partial charge in [0, 0.05) is 30.7 Å². The minimum atomic E-state index is 0.289. The summed E-state index contributed by atoms with van der Waals surface area (Å²) in [6.07, 6.45) is 0. The highest BCUT2D eigenvalue weighted by Gasteiger charge is 2.15. The normalized spacial score (nSPS) is 12.6. The molecule has 0 aliphatic carbocycles. The molecular weight excluding hydrogens is 268 g/mol. The van der Waals surface area contributed by atoms with Crippen LogP contribution in [0, 0.1) is 0 Å². The Kier molecular flexibility index (Phi) is 5.60. The number of hydrogen-bond acceptors (Lipinski definition) is 2. The van der Waals surface area contributed by atoms with Gasteiger partial charge in [0.15, 0.2) is 0 Å². The van der Waals surface area contributed by atoms with E-state index in [-0.39, 0.29) is 6.04 Å². The van der Waals surface area contributed by atoms with Crippen molar-refractivity contribution in [2.45, 2.75) is 19.5 Å². The lowest BCUT2D eigenvalue weighted by Gasteiger charge is -2.29. The molecular formula is C17H21ClN2. The summed E-state index contributed by atoms with van der Waals surface area (Å²) in [6, 6.07) is 18.8. The molecule has 20 heavy (non-hydrogen) atoms. The molecule has 1 atom stereocenters. The molecule has 3 heteroatoms. The summed E-state index contributed by atoms with van der Waals surface area (Å²) in [6.45, 7) is 4.61. The summed E-state index contributed by atoms with van der Waals surface area (Å²) in [5.41, 5.74) is 8.29. The quantitative estimate of drug-likeness (QED) is 0.874. The van der Waals surface area contributed by atoms with E-state index >= 15 is 0 Å². The highest BCUT2D eigenvalue weighted by atomic mass is 35.5. The van der Waals surface area contributed by atoms with Gasteiger partial charge in [0.1, 0.15) is 0 Å². The Bertz CT molecular complexity index is 528. The second kappa shape index (κ2) is 7.44. The van der Waals surface area contributed by atoms with E-state index in [4.69, 9.17) is 17.3 Å². The first kappa shape index (κ1) is 15.0. The average Bonchev–Trinajstić information content (AvgIpc) is 2.47. The Morgan fingerprint density at radius 3 is 2.50 bits per heavy atom. The van der Waals surface area contributed by atoms with Gasteiger partial charge in [-0.1, -0.05) is 54.1 Å². The van der Waals surface area contributed by atoms with Crippen LogP contribution in [0.4, 0.5) is 0 Å². The molecule has 0 fully saturated rings. The van der Waals surface area contributed by atoms with Crippen LogP contribution in [0.25, 0.3) is 0 Å². The highest BCUT2D eigenvalue weighted by molar-refractivity contribution is 6.30. The van der Waals surface area contributed by atoms with Crippen molar-refractivity contribution in [3.63, 3.8) is 0 Å². The van der Waals surface area contributed by atoms with E-state index in [1.54, 1.807) is 0 Å². The summed E-state index contributed by atoms with van der Waals surface area (Å²) in [5.74, 6) is 0. The van der Waals surface area contributed by atoms with Gasteiger partial charge in [0.25, 0.3) is 0 Å². The topological polar surface area (TPSA) is 29.3 Å². The van der Waals surface area contributed by atoms with Gasteiger partial charge in [0.2, 0.25) is 0 Å². The molecule has 1 unspecified atom stereocenters. The maximum absolute atomic E-state index is 6.09. The fraction of sp³-hybridized carbons (Fsp3) is 0.294. The van der Waals surface area contributed by atoms with Gasteiger partial charge in [-0.05, 0) is 30.2 Å². The van der Waals surface area contributed by atoms with Crippen LogP contribution in [0.15, 0.2) is 54.6 Å². The van der Waals surface area contributed by atoms with E-state index in [1.807, 2.05) is 24.3 Å². The van der Waals surface area contributed by atoms with Gasteiger partial charge in [-0.3, -0.25) is 4.90 Å². The molecule has 0 radical (unpaired) electrons. The zero-order valence-electron chi connectivity index (χ0n) is 11.8. The molecule has 0 bridgehead atoms. The van der Waals surface area contributed by atoms with Gasteiger partial charge in [-0.15, -0.1) is 0 Å². The zero-order chi connectivity index (χ0) is 14.4. The first-order valence-corrected chi connectivity index (χ1v) is 7.32. The van der Waals surface area contributed by atoms with Crippen molar-refractivity contribution in [3.8, 4) is 0 Å². The maximum atomic E-state index is 6.09. The Morgan fingerprint density at radius 1 is 1.10 bits per heavy atom. The molecule has 0 aliphatic heterocycles. The molecule has 106 valence electrons. The van der Waals surface area contributed by atoms with Crippen LogP contribution in [0.1, 0.15) is 24.1 Å². The van der Waals surface area contributed by atoms with Crippen LogP contribution >= 0.6 is 11.6 Å². The second-order valence-electron chi connectivity index (χ2n) is 4.98. The van der Waals surface area contributed by atoms with E-state index in [2.05, 4.69) is 42.2 Å². The molecule has 0 aromatic heterocycles. The van der Waals surface area contributed by atoms with Crippen molar-refractivity contribution in [2.24, 2.45) is 5.73 Å². The summed E-state index contributed by atoms with van der Waals surface area (Å²) in [7, 11) is 0. The monoisotopic (exact) mass is 288 g/mol. The van der Waals surface area contributed by atoms with Crippen LogP contribution in [-0.2, 0) is 6.54 Å². The molecule has 2 nitrogen and oxygen atoms in total. The molecule has 0 spiro atoms. The summed E-state index contributed by atoms with van der Waals surface area (Å²) < 4.78 is 0. The standard InChI is InChI=1S/C17H21ClN2/c1-14(16-8-5-9-17(18)12-16)20(11-10-19)13-15-6-3-2-4-7-15/h2-9,12,14H,10-11,13,19H2,1H3. The van der Waals surface area contributed by atoms with Crippen LogP contribution in [0.2, 0.25) is 5.02 Å². The largest absolute Gasteiger partial charge is 0.329 e. The lowest BCUT2D eigenvalue weighted by atomic mass is 10.1. The van der Waals surface area contributed by atoms with Crippen molar-refractivity contribution in [2.75, 3.05) is 13.1 Å². The van der Waals surface area contributed by atoms with Gasteiger partial charge < -0.3 is 5.73 Å². The average molecular weight is 289 g/mol. The van der Waals surface area contributed by atoms with Crippen LogP contribution < -0.4 is 5.73 Å². The number of benzene rings is 2. The fourth-order valence-corrected chi connectivity index (χ4v) is 2.57. The Morgan fingerprint density at radius 2 is 1.85 bits per heavy atom. The number of nitrogens with two attached hydrogens (primary N) is 1. The van der Waals surface area contributed by atoms with E-state index in [1.165, 1.54) is 11.1 Å². The van der Waals surface area contributed by atoms with Crippen molar-refractivity contribution in [3.05, 3.63) is 70.7 Å². The summed E-state index contributed by atoms with van der Waals surface area (Å²) >= 11 is 6.09. The van der Waals surface area contributed by atoms with Crippen LogP contribution in [-0.4, -0.2) is 18.0 Å². The number of rotatable bonds is 6. The minimum absolute atomic E-state index is 0.289. The van der Waals surface area contributed by atoms with E-state index in [0.29, 0.717) is 6.54 Å². The third-order valence-corrected chi connectivity index (χ3v) is 3.76. The minimum Gasteiger partial charge on any atom is -0.329 e. The highest BCUT2D eigenvalue weighted by Crippen LogP contribution is 2.24. The van der Waals surface area contributed by atoms with E-state index in [0.717, 1.165) is 18.1 Å². The maximum Gasteiger partial charge on any atom is 0.0409 e. The summed E-state index contributed by atoms with van der Waals surface area (Å²) in [5, 5.41) is 0.779. The molecule has 0 saturated carbocycles. The van der Waals surface area contributed by atoms with Crippen molar-refractivity contribution < 1.29 is 0 Å². The number of hydrogen-bond donors (Lipinski definition) is 1. The molecule has 2 aromatic carbocycles. The second-order valence-corrected chi connectivity index (χ2v) is 5.41. The third kappa shape index (κ3) is 4.07. The molecule has 2 aromatic rings. The van der Waals surface area contributed by atoms with Gasteiger partial charge >= 0.3 is 0 Å². The molecule has 0 saturated heterocycles. The zero-order valence-corrected chi connectivity index (χ0v) is 12.6. The molecule has 0 heterocycles. The Balaban J connectivity index is 2.15. The SMILES string of the molecule is CC(c1cccc(Cl)c1)N(CCN)Cc1ccccc1. The van der Waals surface area contributed by atoms with Crippen molar-refractivity contribution in [1.82, 2.24) is 4.90 Å². The smallest absolute Gasteiger partial charge is 0.0409 e. The molecule has 0 amide bonds. The fourth-order valence-electron chi connectivity index (χ4n) is 2.37. The Labute approximate surface area is 126 Å². The van der Waals surface area contributed by atoms with Gasteiger partial charge in [0.05, 0.1) is 0 Å². The number of nitrogens with zero attached hydrogens (tertiary/aromatic N) is 1. The first-order valence-electron chi connectivity index (χ1n) is 6.94. The third-order valence-electron chi connectivity index (χ3n) is 3.52. The Hall–Kier alpha value is -1.35. The first-order chi connectivity index (χ1) is 9.70. The summed E-state index contributed by atoms with van der Waals surface area (Å²) in [4.78, 5) is 2.38.